The zero-order chi connectivity index (χ0) is 41.6. The third kappa shape index (κ3) is 29.7. The van der Waals surface area contributed by atoms with Crippen LogP contribution in [0.25, 0.3) is 0 Å². The molecule has 1 aliphatic heterocycles. The summed E-state index contributed by atoms with van der Waals surface area (Å²) < 4.78 is 11.2. The molecule has 7 atom stereocenters. The molecule has 9 heteroatoms. The van der Waals surface area contributed by atoms with Crippen LogP contribution in [0.1, 0.15) is 232 Å². The Bertz CT molecular complexity index is 904. The van der Waals surface area contributed by atoms with Gasteiger partial charge in [0.2, 0.25) is 5.91 Å². The molecule has 0 saturated carbocycles. The number of aliphatic hydroxyl groups excluding tert-OH is 5. The molecule has 7 unspecified atom stereocenters. The quantitative estimate of drug-likeness (QED) is 0.0264. The third-order valence-electron chi connectivity index (χ3n) is 11.9. The predicted molar refractivity (Wildman–Crippen MR) is 235 cm³/mol. The Morgan fingerprint density at radius 1 is 0.579 bits per heavy atom. The molecule has 1 amide bonds. The lowest BCUT2D eigenvalue weighted by Crippen LogP contribution is -2.60. The molecule has 0 aromatic carbocycles. The zero-order valence-electron chi connectivity index (χ0n) is 37.1. The molecular weight excluding hydrogens is 719 g/mol. The molecule has 1 fully saturated rings. The van der Waals surface area contributed by atoms with Crippen molar-refractivity contribution < 1.29 is 39.8 Å². The van der Waals surface area contributed by atoms with Crippen LogP contribution >= 0.6 is 0 Å². The highest BCUT2D eigenvalue weighted by Gasteiger charge is 2.44. The van der Waals surface area contributed by atoms with E-state index in [1.807, 2.05) is 6.08 Å². The molecule has 0 aromatic rings. The normalized spacial score (nSPS) is 21.0. The minimum Gasteiger partial charge on any atom is -0.394 e. The highest BCUT2D eigenvalue weighted by molar-refractivity contribution is 5.76. The number of rotatable bonds is 41. The van der Waals surface area contributed by atoms with Gasteiger partial charge in [-0.2, -0.15) is 0 Å². The Morgan fingerprint density at radius 3 is 1.37 bits per heavy atom. The molecule has 1 saturated heterocycles. The van der Waals surface area contributed by atoms with Gasteiger partial charge in [0.1, 0.15) is 24.4 Å². The number of unbranched alkanes of at least 4 members (excludes halogenated alkanes) is 31. The van der Waals surface area contributed by atoms with Crippen LogP contribution in [0.4, 0.5) is 0 Å². The number of ether oxygens (including phenoxy) is 2. The Balaban J connectivity index is 2.28. The molecule has 9 nitrogen and oxygen atoms in total. The van der Waals surface area contributed by atoms with E-state index in [4.69, 9.17) is 9.47 Å². The van der Waals surface area contributed by atoms with Crippen molar-refractivity contribution in [1.29, 1.82) is 0 Å². The van der Waals surface area contributed by atoms with Gasteiger partial charge in [0.15, 0.2) is 6.29 Å². The molecule has 1 heterocycles. The lowest BCUT2D eigenvalue weighted by atomic mass is 9.99. The van der Waals surface area contributed by atoms with Crippen LogP contribution in [0.5, 0.6) is 0 Å². The van der Waals surface area contributed by atoms with Crippen LogP contribution in [-0.4, -0.2) is 87.5 Å². The number of carbonyl (C=O) groups excluding carboxylic acids is 1. The number of allylic oxidation sites excluding steroid dienone is 1. The first-order valence-corrected chi connectivity index (χ1v) is 24.4. The maximum atomic E-state index is 12.9. The van der Waals surface area contributed by atoms with E-state index in [1.165, 1.54) is 173 Å². The maximum Gasteiger partial charge on any atom is 0.220 e. The minimum absolute atomic E-state index is 0.175. The van der Waals surface area contributed by atoms with E-state index in [0.29, 0.717) is 6.42 Å². The average molecular weight is 812 g/mol. The highest BCUT2D eigenvalue weighted by atomic mass is 16.7. The molecule has 6 N–H and O–H groups in total. The van der Waals surface area contributed by atoms with E-state index >= 15 is 0 Å². The smallest absolute Gasteiger partial charge is 0.220 e. The van der Waals surface area contributed by atoms with Gasteiger partial charge in [-0.25, -0.2) is 0 Å². The number of amides is 1. The molecule has 0 spiro atoms. The minimum atomic E-state index is -1.56. The fourth-order valence-electron chi connectivity index (χ4n) is 7.92. The zero-order valence-corrected chi connectivity index (χ0v) is 37.1. The van der Waals surface area contributed by atoms with Gasteiger partial charge in [0.25, 0.3) is 0 Å². The Hall–Kier alpha value is -1.07. The fourth-order valence-corrected chi connectivity index (χ4v) is 7.92. The number of nitrogens with one attached hydrogen (secondary N) is 1. The van der Waals surface area contributed by atoms with Crippen LogP contribution in [0.2, 0.25) is 0 Å². The van der Waals surface area contributed by atoms with Crippen molar-refractivity contribution in [3.63, 3.8) is 0 Å². The first-order chi connectivity index (χ1) is 27.8. The van der Waals surface area contributed by atoms with Crippen LogP contribution in [0.15, 0.2) is 12.2 Å². The highest BCUT2D eigenvalue weighted by Crippen LogP contribution is 2.23. The van der Waals surface area contributed by atoms with E-state index in [1.54, 1.807) is 6.08 Å². The number of hydrogen-bond acceptors (Lipinski definition) is 8. The lowest BCUT2D eigenvalue weighted by molar-refractivity contribution is -0.302. The van der Waals surface area contributed by atoms with Crippen molar-refractivity contribution in [3.8, 4) is 0 Å². The fraction of sp³-hybridized carbons (Fsp3) is 0.938. The molecule has 338 valence electrons. The SMILES string of the molecule is CCCCCCCCCCCCCCCCCCCCCC/C=C/C(O)C(COC1OC(CO)C(O)C(O)C1O)NC(=O)CCCCCCCCCCCCCC. The molecule has 1 rings (SSSR count). The van der Waals surface area contributed by atoms with Gasteiger partial charge in [0.05, 0.1) is 25.4 Å². The van der Waals surface area contributed by atoms with E-state index in [2.05, 4.69) is 19.2 Å². The largest absolute Gasteiger partial charge is 0.394 e. The average Bonchev–Trinajstić information content (AvgIpc) is 3.21. The van der Waals surface area contributed by atoms with Crippen LogP contribution in [0.3, 0.4) is 0 Å². The summed E-state index contributed by atoms with van der Waals surface area (Å²) in [5.74, 6) is -0.175. The first kappa shape index (κ1) is 53.9. The number of aliphatic hydroxyl groups is 5. The van der Waals surface area contributed by atoms with Crippen molar-refractivity contribution in [2.75, 3.05) is 13.2 Å². The molecular formula is C48H93NO8. The van der Waals surface area contributed by atoms with Crippen LogP contribution in [0, 0.1) is 0 Å². The van der Waals surface area contributed by atoms with Crippen LogP contribution in [-0.2, 0) is 14.3 Å². The van der Waals surface area contributed by atoms with E-state index in [0.717, 1.165) is 38.5 Å². The van der Waals surface area contributed by atoms with E-state index < -0.39 is 49.5 Å². The second-order valence-electron chi connectivity index (χ2n) is 17.3. The predicted octanol–water partition coefficient (Wildman–Crippen LogP) is 10.5. The van der Waals surface area contributed by atoms with Crippen molar-refractivity contribution in [2.45, 2.75) is 275 Å². The van der Waals surface area contributed by atoms with Gasteiger partial charge in [-0.05, 0) is 19.3 Å². The summed E-state index contributed by atoms with van der Waals surface area (Å²) in [5, 5.41) is 54.2. The summed E-state index contributed by atoms with van der Waals surface area (Å²) in [6, 6.07) is -0.798. The van der Waals surface area contributed by atoms with E-state index in [9.17, 15) is 30.3 Å². The molecule has 0 radical (unpaired) electrons. The molecule has 0 bridgehead atoms. The summed E-state index contributed by atoms with van der Waals surface area (Å²) in [7, 11) is 0. The maximum absolute atomic E-state index is 12.9. The van der Waals surface area contributed by atoms with Gasteiger partial charge in [0, 0.05) is 6.42 Å². The Kier molecular flexibility index (Phi) is 37.0. The Morgan fingerprint density at radius 2 is 0.965 bits per heavy atom. The van der Waals surface area contributed by atoms with Gasteiger partial charge in [-0.3, -0.25) is 4.79 Å². The van der Waals surface area contributed by atoms with Crippen molar-refractivity contribution in [3.05, 3.63) is 12.2 Å². The molecule has 0 aromatic heterocycles. The summed E-state index contributed by atoms with van der Waals surface area (Å²) in [4.78, 5) is 12.9. The molecule has 0 aliphatic carbocycles. The van der Waals surface area contributed by atoms with Crippen LogP contribution < -0.4 is 5.32 Å². The van der Waals surface area contributed by atoms with E-state index in [-0.39, 0.29) is 12.5 Å². The molecule has 57 heavy (non-hydrogen) atoms. The van der Waals surface area contributed by atoms with Gasteiger partial charge in [-0.15, -0.1) is 0 Å². The summed E-state index contributed by atoms with van der Waals surface area (Å²) >= 11 is 0. The summed E-state index contributed by atoms with van der Waals surface area (Å²) in [6.07, 6.45) is 38.3. The standard InChI is InChI=1S/C48H93NO8/c1-3-5-7-9-11-13-15-17-18-19-20-21-22-23-24-25-26-27-29-31-33-35-37-42(51)41(40-56-48-47(55)46(54)45(53)43(39-50)57-48)49-44(52)38-36-34-32-30-28-16-14-12-10-8-6-4-2/h35,37,41-43,45-48,50-51,53-55H,3-34,36,38-40H2,1-2H3,(H,49,52)/b37-35+. The summed E-state index contributed by atoms with van der Waals surface area (Å²) in [6.45, 7) is 3.78. The topological polar surface area (TPSA) is 149 Å². The van der Waals surface area contributed by atoms with Gasteiger partial charge >= 0.3 is 0 Å². The van der Waals surface area contributed by atoms with Gasteiger partial charge < -0.3 is 40.3 Å². The monoisotopic (exact) mass is 812 g/mol. The van der Waals surface area contributed by atoms with Gasteiger partial charge in [-0.1, -0.05) is 219 Å². The lowest BCUT2D eigenvalue weighted by Gasteiger charge is -2.40. The van der Waals surface area contributed by atoms with Crippen molar-refractivity contribution in [1.82, 2.24) is 5.32 Å². The second-order valence-corrected chi connectivity index (χ2v) is 17.3. The number of carbonyl (C=O) groups is 1. The first-order valence-electron chi connectivity index (χ1n) is 24.4. The third-order valence-corrected chi connectivity index (χ3v) is 11.9. The summed E-state index contributed by atoms with van der Waals surface area (Å²) in [5.41, 5.74) is 0. The second kappa shape index (κ2) is 39.1. The Labute approximate surface area is 350 Å². The van der Waals surface area contributed by atoms with Crippen molar-refractivity contribution >= 4 is 5.91 Å². The molecule has 1 aliphatic rings. The van der Waals surface area contributed by atoms with Crippen molar-refractivity contribution in [2.24, 2.45) is 0 Å². The number of hydrogen-bond donors (Lipinski definition) is 6.